The molecule has 0 N–H and O–H groups in total. The Morgan fingerprint density at radius 3 is 2.71 bits per heavy atom. The first-order valence-corrected chi connectivity index (χ1v) is 11.1. The molecule has 6 rings (SSSR count). The molecular weight excluding hydrogens is 445 g/mol. The van der Waals surface area contributed by atoms with E-state index in [4.69, 9.17) is 4.98 Å². The zero-order valence-corrected chi connectivity index (χ0v) is 18.5. The number of anilines is 1. The van der Waals surface area contributed by atoms with Crippen molar-refractivity contribution in [1.29, 1.82) is 0 Å². The predicted octanol–water partition coefficient (Wildman–Crippen LogP) is 4.43. The number of alkyl halides is 2. The molecule has 1 fully saturated rings. The van der Waals surface area contributed by atoms with Gasteiger partial charge in [-0.3, -0.25) is 9.13 Å². The van der Waals surface area contributed by atoms with Crippen LogP contribution in [0.25, 0.3) is 23.0 Å². The quantitative estimate of drug-likeness (QED) is 0.443. The predicted molar refractivity (Wildman–Crippen MR) is 118 cm³/mol. The summed E-state index contributed by atoms with van der Waals surface area (Å²) in [6, 6.07) is 5.49. The summed E-state index contributed by atoms with van der Waals surface area (Å²) in [7, 11) is 0. The van der Waals surface area contributed by atoms with Crippen LogP contribution in [0.5, 0.6) is 0 Å². The molecule has 8 nitrogen and oxygen atoms in total. The minimum atomic E-state index is -2.69. The van der Waals surface area contributed by atoms with Crippen LogP contribution in [-0.4, -0.2) is 46.2 Å². The van der Waals surface area contributed by atoms with Crippen LogP contribution in [0.2, 0.25) is 0 Å². The van der Waals surface area contributed by atoms with Crippen LogP contribution in [0.1, 0.15) is 43.9 Å². The van der Waals surface area contributed by atoms with Crippen LogP contribution in [0, 0.1) is 12.7 Å². The van der Waals surface area contributed by atoms with Gasteiger partial charge in [-0.05, 0) is 25.5 Å². The van der Waals surface area contributed by atoms with Gasteiger partial charge in [-0.25, -0.2) is 23.1 Å². The highest BCUT2D eigenvalue weighted by molar-refractivity contribution is 5.64. The number of fused-ring (bicyclic) bond motifs is 3. The Bertz CT molecular complexity index is 1390. The average molecular weight is 466 g/mol. The summed E-state index contributed by atoms with van der Waals surface area (Å²) in [5, 5.41) is 8.57. The zero-order valence-electron chi connectivity index (χ0n) is 18.5. The van der Waals surface area contributed by atoms with E-state index in [1.807, 2.05) is 23.3 Å². The standard InChI is InChI=1S/C23H21F3N8/c1-3-17-21-31-30-13(2)33(21)18-12-28-22(29-20(18)34(17)16-10-23(25,26)11-16)32-8-7-27-19(32)14-5-4-6-15(24)9-14/h4-9,12,16-17H,3,10-11H2,1-2H3. The van der Waals surface area contributed by atoms with E-state index in [0.29, 0.717) is 46.9 Å². The Labute approximate surface area is 193 Å². The van der Waals surface area contributed by atoms with Crippen molar-refractivity contribution < 1.29 is 13.2 Å². The monoisotopic (exact) mass is 466 g/mol. The topological polar surface area (TPSA) is 77.5 Å². The van der Waals surface area contributed by atoms with Crippen molar-refractivity contribution in [1.82, 2.24) is 34.3 Å². The highest BCUT2D eigenvalue weighted by Gasteiger charge is 2.52. The molecule has 1 unspecified atom stereocenters. The molecule has 11 heteroatoms. The van der Waals surface area contributed by atoms with Gasteiger partial charge in [-0.2, -0.15) is 4.98 Å². The van der Waals surface area contributed by atoms with Crippen molar-refractivity contribution >= 4 is 5.82 Å². The third kappa shape index (κ3) is 3.10. The van der Waals surface area contributed by atoms with Gasteiger partial charge in [0.05, 0.1) is 12.2 Å². The Morgan fingerprint density at radius 1 is 1.15 bits per heavy atom. The van der Waals surface area contributed by atoms with Gasteiger partial charge in [0.1, 0.15) is 23.2 Å². The number of hydrogen-bond donors (Lipinski definition) is 0. The summed E-state index contributed by atoms with van der Waals surface area (Å²) in [5.74, 6) is -0.353. The number of rotatable bonds is 4. The number of halogens is 3. The minimum Gasteiger partial charge on any atom is -0.341 e. The number of aromatic nitrogens is 7. The van der Waals surface area contributed by atoms with Crippen LogP contribution in [0.4, 0.5) is 19.0 Å². The third-order valence-corrected chi connectivity index (χ3v) is 6.49. The first kappa shape index (κ1) is 20.8. The van der Waals surface area contributed by atoms with Gasteiger partial charge in [0.2, 0.25) is 5.95 Å². The van der Waals surface area contributed by atoms with Gasteiger partial charge in [-0.15, -0.1) is 10.2 Å². The maximum Gasteiger partial charge on any atom is 0.252 e. The van der Waals surface area contributed by atoms with Crippen LogP contribution < -0.4 is 4.90 Å². The summed E-state index contributed by atoms with van der Waals surface area (Å²) in [6.07, 6.45) is 5.11. The fourth-order valence-corrected chi connectivity index (χ4v) is 4.92. The van der Waals surface area contributed by atoms with Gasteiger partial charge < -0.3 is 4.90 Å². The fraction of sp³-hybridized carbons (Fsp3) is 0.348. The van der Waals surface area contributed by atoms with Gasteiger partial charge >= 0.3 is 0 Å². The fourth-order valence-electron chi connectivity index (χ4n) is 4.92. The lowest BCUT2D eigenvalue weighted by Gasteiger charge is -2.48. The van der Waals surface area contributed by atoms with Crippen molar-refractivity contribution in [3.8, 4) is 23.0 Å². The molecular formula is C23H21F3N8. The molecule has 0 radical (unpaired) electrons. The van der Waals surface area contributed by atoms with E-state index in [1.54, 1.807) is 35.3 Å². The van der Waals surface area contributed by atoms with Crippen molar-refractivity contribution in [3.63, 3.8) is 0 Å². The lowest BCUT2D eigenvalue weighted by Crippen LogP contribution is -2.54. The normalized spacial score (nSPS) is 19.0. The van der Waals surface area contributed by atoms with Crippen LogP contribution in [0.15, 0.2) is 42.9 Å². The van der Waals surface area contributed by atoms with E-state index >= 15 is 0 Å². The Hall–Kier alpha value is -3.76. The van der Waals surface area contributed by atoms with Crippen LogP contribution in [-0.2, 0) is 0 Å². The largest absolute Gasteiger partial charge is 0.341 e. The van der Waals surface area contributed by atoms with Gasteiger partial charge in [0, 0.05) is 36.8 Å². The molecule has 0 bridgehead atoms. The smallest absolute Gasteiger partial charge is 0.252 e. The molecule has 4 aromatic rings. The second kappa shape index (κ2) is 7.37. The Kier molecular flexibility index (Phi) is 4.51. The molecule has 1 aliphatic heterocycles. The summed E-state index contributed by atoms with van der Waals surface area (Å²) < 4.78 is 45.2. The van der Waals surface area contributed by atoms with E-state index in [-0.39, 0.29) is 30.7 Å². The van der Waals surface area contributed by atoms with Crippen LogP contribution >= 0.6 is 0 Å². The Morgan fingerprint density at radius 2 is 1.97 bits per heavy atom. The maximum absolute atomic E-state index is 13.9. The third-order valence-electron chi connectivity index (χ3n) is 6.49. The van der Waals surface area contributed by atoms with E-state index in [1.165, 1.54) is 12.1 Å². The van der Waals surface area contributed by atoms with E-state index < -0.39 is 5.92 Å². The van der Waals surface area contributed by atoms with Crippen molar-refractivity contribution in [2.24, 2.45) is 0 Å². The molecule has 34 heavy (non-hydrogen) atoms. The second-order valence-electron chi connectivity index (χ2n) is 8.70. The first-order chi connectivity index (χ1) is 16.4. The van der Waals surface area contributed by atoms with Gasteiger partial charge in [0.25, 0.3) is 5.92 Å². The summed E-state index contributed by atoms with van der Waals surface area (Å²) in [6.45, 7) is 3.83. The summed E-state index contributed by atoms with van der Waals surface area (Å²) in [5.41, 5.74) is 1.22. The molecule has 4 heterocycles. The highest BCUT2D eigenvalue weighted by atomic mass is 19.3. The lowest BCUT2D eigenvalue weighted by molar-refractivity contribution is -0.0878. The molecule has 0 saturated heterocycles. The SMILES string of the molecule is CCC1c2nnc(C)n2-c2cnc(-n3ccnc3-c3cccc(F)c3)nc2N1C1CC(F)(F)C1. The van der Waals surface area contributed by atoms with E-state index in [9.17, 15) is 13.2 Å². The molecule has 1 aromatic carbocycles. The number of imidazole rings is 1. The number of hydrogen-bond acceptors (Lipinski definition) is 6. The molecule has 1 aliphatic carbocycles. The summed E-state index contributed by atoms with van der Waals surface area (Å²) in [4.78, 5) is 15.7. The molecule has 3 aromatic heterocycles. The average Bonchev–Trinajstić information content (AvgIpc) is 3.43. The zero-order chi connectivity index (χ0) is 23.6. The van der Waals surface area contributed by atoms with Crippen molar-refractivity contribution in [3.05, 3.63) is 60.3 Å². The van der Waals surface area contributed by atoms with Crippen molar-refractivity contribution in [2.45, 2.75) is 51.1 Å². The molecule has 0 spiro atoms. The van der Waals surface area contributed by atoms with Crippen LogP contribution in [0.3, 0.4) is 0 Å². The highest BCUT2D eigenvalue weighted by Crippen LogP contribution is 2.48. The molecule has 1 atom stereocenters. The first-order valence-electron chi connectivity index (χ1n) is 11.1. The molecule has 2 aliphatic rings. The van der Waals surface area contributed by atoms with E-state index in [0.717, 1.165) is 0 Å². The van der Waals surface area contributed by atoms with E-state index in [2.05, 4.69) is 20.2 Å². The lowest BCUT2D eigenvalue weighted by atomic mass is 9.85. The molecule has 174 valence electrons. The van der Waals surface area contributed by atoms with Gasteiger partial charge in [-0.1, -0.05) is 19.1 Å². The number of aryl methyl sites for hydroxylation is 1. The summed E-state index contributed by atoms with van der Waals surface area (Å²) >= 11 is 0. The van der Waals surface area contributed by atoms with Crippen molar-refractivity contribution in [2.75, 3.05) is 4.90 Å². The molecule has 0 amide bonds. The maximum atomic E-state index is 13.9. The second-order valence-corrected chi connectivity index (χ2v) is 8.70. The number of benzene rings is 1. The Balaban J connectivity index is 1.51. The van der Waals surface area contributed by atoms with Gasteiger partial charge in [0.15, 0.2) is 11.6 Å². The molecule has 1 saturated carbocycles. The number of nitrogens with zero attached hydrogens (tertiary/aromatic N) is 8. The minimum absolute atomic E-state index is 0.241.